The molecular formula is C18H21FN2. The molecule has 1 aliphatic heterocycles. The van der Waals surface area contributed by atoms with Crippen molar-refractivity contribution in [1.82, 2.24) is 5.32 Å². The molecule has 2 nitrogen and oxygen atoms in total. The molecule has 0 bridgehead atoms. The Labute approximate surface area is 125 Å². The first-order valence-electron chi connectivity index (χ1n) is 7.61. The smallest absolute Gasteiger partial charge is 0.146 e. The van der Waals surface area contributed by atoms with Crippen molar-refractivity contribution in [1.29, 1.82) is 0 Å². The average Bonchev–Trinajstić information content (AvgIpc) is 2.73. The predicted octanol–water partition coefficient (Wildman–Crippen LogP) is 3.89. The molecule has 21 heavy (non-hydrogen) atoms. The Balaban J connectivity index is 2.03. The van der Waals surface area contributed by atoms with Crippen molar-refractivity contribution in [3.8, 4) is 0 Å². The van der Waals surface area contributed by atoms with Crippen molar-refractivity contribution >= 4 is 5.69 Å². The summed E-state index contributed by atoms with van der Waals surface area (Å²) in [5.41, 5.74) is 3.32. The van der Waals surface area contributed by atoms with Gasteiger partial charge in [0.25, 0.3) is 0 Å². The highest BCUT2D eigenvalue weighted by Crippen LogP contribution is 2.33. The van der Waals surface area contributed by atoms with Crippen LogP contribution in [0.25, 0.3) is 0 Å². The Kier molecular flexibility index (Phi) is 4.20. The van der Waals surface area contributed by atoms with Crippen LogP contribution >= 0.6 is 0 Å². The van der Waals surface area contributed by atoms with E-state index in [4.69, 9.17) is 0 Å². The first-order valence-corrected chi connectivity index (χ1v) is 7.61. The second-order valence-electron chi connectivity index (χ2n) is 5.42. The van der Waals surface area contributed by atoms with Crippen molar-refractivity contribution in [3.63, 3.8) is 0 Å². The number of hydrogen-bond acceptors (Lipinski definition) is 2. The molecule has 1 heterocycles. The van der Waals surface area contributed by atoms with Crippen LogP contribution in [0.4, 0.5) is 10.1 Å². The fourth-order valence-electron chi connectivity index (χ4n) is 3.20. The molecular weight excluding hydrogens is 263 g/mol. The van der Waals surface area contributed by atoms with Crippen LogP contribution in [0.1, 0.15) is 30.5 Å². The molecule has 2 aromatic carbocycles. The summed E-state index contributed by atoms with van der Waals surface area (Å²) in [6.07, 6.45) is 0.985. The van der Waals surface area contributed by atoms with Crippen LogP contribution < -0.4 is 10.2 Å². The number of anilines is 1. The molecule has 1 atom stereocenters. The van der Waals surface area contributed by atoms with Crippen molar-refractivity contribution < 1.29 is 4.39 Å². The number of benzene rings is 2. The summed E-state index contributed by atoms with van der Waals surface area (Å²) in [6, 6.07) is 15.8. The second-order valence-corrected chi connectivity index (χ2v) is 5.42. The second kappa shape index (κ2) is 6.27. The van der Waals surface area contributed by atoms with Gasteiger partial charge in [-0.1, -0.05) is 36.4 Å². The van der Waals surface area contributed by atoms with Gasteiger partial charge in [0.15, 0.2) is 0 Å². The molecule has 0 amide bonds. The zero-order chi connectivity index (χ0) is 14.7. The molecule has 2 aromatic rings. The Hall–Kier alpha value is -1.87. The number of para-hydroxylation sites is 1. The zero-order valence-electron chi connectivity index (χ0n) is 12.3. The van der Waals surface area contributed by atoms with E-state index in [-0.39, 0.29) is 11.9 Å². The maximum absolute atomic E-state index is 14.2. The normalized spacial score (nSPS) is 17.9. The third-order valence-electron chi connectivity index (χ3n) is 4.20. The molecule has 0 aliphatic carbocycles. The minimum Gasteiger partial charge on any atom is -0.362 e. The molecule has 0 fully saturated rings. The highest BCUT2D eigenvalue weighted by molar-refractivity contribution is 5.51. The summed E-state index contributed by atoms with van der Waals surface area (Å²) in [5, 5.41) is 3.46. The first-order chi connectivity index (χ1) is 10.3. The number of nitrogens with one attached hydrogen (secondary N) is 1. The van der Waals surface area contributed by atoms with Crippen molar-refractivity contribution in [2.75, 3.05) is 18.0 Å². The summed E-state index contributed by atoms with van der Waals surface area (Å²) in [7, 11) is 0. The molecule has 0 spiro atoms. The Bertz CT molecular complexity index is 612. The third kappa shape index (κ3) is 2.79. The maximum Gasteiger partial charge on any atom is 0.146 e. The maximum atomic E-state index is 14.2. The Morgan fingerprint density at radius 2 is 1.90 bits per heavy atom. The van der Waals surface area contributed by atoms with E-state index in [1.165, 1.54) is 11.1 Å². The van der Waals surface area contributed by atoms with Crippen LogP contribution in [0, 0.1) is 5.82 Å². The van der Waals surface area contributed by atoms with Gasteiger partial charge in [-0.15, -0.1) is 0 Å². The molecule has 110 valence electrons. The van der Waals surface area contributed by atoms with Gasteiger partial charge in [-0.25, -0.2) is 4.39 Å². The lowest BCUT2D eigenvalue weighted by molar-refractivity contribution is 0.551. The minimum atomic E-state index is -0.144. The van der Waals surface area contributed by atoms with E-state index in [0.29, 0.717) is 5.69 Å². The molecule has 1 N–H and O–H groups in total. The lowest BCUT2D eigenvalue weighted by Crippen LogP contribution is -2.30. The fourth-order valence-corrected chi connectivity index (χ4v) is 3.20. The summed E-state index contributed by atoms with van der Waals surface area (Å²) in [6.45, 7) is 4.72. The molecule has 3 rings (SSSR count). The molecule has 1 unspecified atom stereocenters. The third-order valence-corrected chi connectivity index (χ3v) is 4.20. The van der Waals surface area contributed by atoms with E-state index in [1.807, 2.05) is 12.1 Å². The number of fused-ring (bicyclic) bond motifs is 1. The molecule has 0 saturated carbocycles. The number of nitrogens with zero attached hydrogens (tertiary/aromatic N) is 1. The molecule has 0 saturated heterocycles. The van der Waals surface area contributed by atoms with Gasteiger partial charge in [-0.2, -0.15) is 0 Å². The molecule has 1 aliphatic rings. The number of halogens is 1. The van der Waals surface area contributed by atoms with Crippen molar-refractivity contribution in [2.24, 2.45) is 0 Å². The van der Waals surface area contributed by atoms with Gasteiger partial charge >= 0.3 is 0 Å². The van der Waals surface area contributed by atoms with Gasteiger partial charge in [0.1, 0.15) is 5.82 Å². The van der Waals surface area contributed by atoms with Crippen LogP contribution in [0.15, 0.2) is 48.5 Å². The Morgan fingerprint density at radius 3 is 2.71 bits per heavy atom. The highest BCUT2D eigenvalue weighted by Gasteiger charge is 2.25. The van der Waals surface area contributed by atoms with E-state index in [0.717, 1.165) is 26.1 Å². The largest absolute Gasteiger partial charge is 0.362 e. The fraction of sp³-hybridized carbons (Fsp3) is 0.333. The summed E-state index contributed by atoms with van der Waals surface area (Å²) < 4.78 is 14.2. The number of hydrogen-bond donors (Lipinski definition) is 1. The van der Waals surface area contributed by atoms with E-state index in [2.05, 4.69) is 41.4 Å². The average molecular weight is 284 g/mol. The van der Waals surface area contributed by atoms with Crippen molar-refractivity contribution in [2.45, 2.75) is 25.9 Å². The van der Waals surface area contributed by atoms with Crippen LogP contribution in [-0.2, 0) is 6.54 Å². The molecule has 0 radical (unpaired) electrons. The molecule has 3 heteroatoms. The van der Waals surface area contributed by atoms with E-state index in [9.17, 15) is 4.39 Å². The van der Waals surface area contributed by atoms with Crippen LogP contribution in [0.3, 0.4) is 0 Å². The zero-order valence-corrected chi connectivity index (χ0v) is 12.3. The summed E-state index contributed by atoms with van der Waals surface area (Å²) in [4.78, 5) is 2.18. The summed E-state index contributed by atoms with van der Waals surface area (Å²) >= 11 is 0. The van der Waals surface area contributed by atoms with Gasteiger partial charge in [-0.3, -0.25) is 0 Å². The predicted molar refractivity (Wildman–Crippen MR) is 84.9 cm³/mol. The minimum absolute atomic E-state index is 0.144. The van der Waals surface area contributed by atoms with Gasteiger partial charge in [0.2, 0.25) is 0 Å². The van der Waals surface area contributed by atoms with Gasteiger partial charge in [0.05, 0.1) is 11.7 Å². The van der Waals surface area contributed by atoms with Gasteiger partial charge < -0.3 is 10.2 Å². The molecule has 0 aromatic heterocycles. The van der Waals surface area contributed by atoms with Crippen LogP contribution in [0.2, 0.25) is 0 Å². The van der Waals surface area contributed by atoms with E-state index in [1.54, 1.807) is 12.1 Å². The quantitative estimate of drug-likeness (QED) is 0.920. The van der Waals surface area contributed by atoms with Crippen LogP contribution in [0.5, 0.6) is 0 Å². The van der Waals surface area contributed by atoms with Crippen molar-refractivity contribution in [3.05, 3.63) is 65.5 Å². The van der Waals surface area contributed by atoms with Gasteiger partial charge in [-0.05, 0) is 43.1 Å². The topological polar surface area (TPSA) is 15.3 Å². The van der Waals surface area contributed by atoms with E-state index < -0.39 is 0 Å². The lowest BCUT2D eigenvalue weighted by Gasteiger charge is -2.33. The number of rotatable bonds is 3. The standard InChI is InChI=1S/C18H21FN2/c1-2-21(18-10-6-5-9-16(18)19)17-11-12-20-13-14-7-3-4-8-15(14)17/h3-10,17,20H,2,11-13H2,1H3. The Morgan fingerprint density at radius 1 is 1.14 bits per heavy atom. The lowest BCUT2D eigenvalue weighted by atomic mass is 9.97. The SMILES string of the molecule is CCN(c1ccccc1F)C1CCNCc2ccccc21. The van der Waals surface area contributed by atoms with Gasteiger partial charge in [0, 0.05) is 13.1 Å². The first kappa shape index (κ1) is 14.1. The summed E-state index contributed by atoms with van der Waals surface area (Å²) in [5.74, 6) is -0.144. The van der Waals surface area contributed by atoms with Crippen LogP contribution in [-0.4, -0.2) is 13.1 Å². The highest BCUT2D eigenvalue weighted by atomic mass is 19.1. The monoisotopic (exact) mass is 284 g/mol. The van der Waals surface area contributed by atoms with E-state index >= 15 is 0 Å².